The van der Waals surface area contributed by atoms with Gasteiger partial charge in [-0.2, -0.15) is 0 Å². The number of nitrogens with zero attached hydrogens (tertiary/aromatic N) is 1. The minimum atomic E-state index is -0.769. The molecule has 37 heavy (non-hydrogen) atoms. The van der Waals surface area contributed by atoms with E-state index in [0.29, 0.717) is 33.5 Å². The van der Waals surface area contributed by atoms with Gasteiger partial charge in [-0.15, -0.1) is 0 Å². The van der Waals surface area contributed by atoms with Crippen molar-refractivity contribution in [2.45, 2.75) is 22.8 Å². The van der Waals surface area contributed by atoms with E-state index in [1.165, 1.54) is 36.0 Å². The molecular formula is C27H18BrFN2O4S2. The zero-order chi connectivity index (χ0) is 25.7. The first-order valence-corrected chi connectivity index (χ1v) is 13.9. The van der Waals surface area contributed by atoms with Gasteiger partial charge in [-0.1, -0.05) is 69.4 Å². The molecule has 0 bridgehead atoms. The number of rotatable bonds is 5. The largest absolute Gasteiger partial charge is 0.489 e. The van der Waals surface area contributed by atoms with E-state index in [1.54, 1.807) is 0 Å². The number of hydrogen-bond donors (Lipinski definition) is 1. The van der Waals surface area contributed by atoms with Crippen molar-refractivity contribution >= 4 is 56.5 Å². The van der Waals surface area contributed by atoms with E-state index >= 15 is 0 Å². The van der Waals surface area contributed by atoms with Crippen molar-refractivity contribution in [1.82, 2.24) is 4.98 Å². The summed E-state index contributed by atoms with van der Waals surface area (Å²) in [7, 11) is 0. The number of aromatic amines is 1. The molecule has 10 heteroatoms. The van der Waals surface area contributed by atoms with Gasteiger partial charge in [0.2, 0.25) is 11.8 Å². The highest BCUT2D eigenvalue weighted by atomic mass is 79.9. The molecule has 1 aromatic heterocycles. The summed E-state index contributed by atoms with van der Waals surface area (Å²) in [5.41, 5.74) is 2.01. The Kier molecular flexibility index (Phi) is 6.26. The van der Waals surface area contributed by atoms with Gasteiger partial charge in [-0.3, -0.25) is 14.4 Å². The Morgan fingerprint density at radius 1 is 0.973 bits per heavy atom. The van der Waals surface area contributed by atoms with Crippen LogP contribution in [0.15, 0.2) is 87.1 Å². The summed E-state index contributed by atoms with van der Waals surface area (Å²) >= 11 is 5.77. The van der Waals surface area contributed by atoms with Crippen molar-refractivity contribution in [2.75, 3.05) is 4.90 Å². The van der Waals surface area contributed by atoms with Gasteiger partial charge in [0.25, 0.3) is 0 Å². The molecule has 6 rings (SSSR count). The number of thiazole rings is 1. The van der Waals surface area contributed by atoms with Crippen molar-refractivity contribution in [3.63, 3.8) is 0 Å². The summed E-state index contributed by atoms with van der Waals surface area (Å²) in [4.78, 5) is 44.2. The van der Waals surface area contributed by atoms with Crippen LogP contribution in [-0.2, 0) is 16.2 Å². The van der Waals surface area contributed by atoms with Crippen LogP contribution in [-0.4, -0.2) is 22.0 Å². The number of nitrogens with one attached hydrogen (secondary N) is 1. The summed E-state index contributed by atoms with van der Waals surface area (Å²) in [6.45, 7) is 0.315. The molecular weight excluding hydrogens is 579 g/mol. The van der Waals surface area contributed by atoms with Crippen LogP contribution in [0.4, 0.5) is 10.1 Å². The standard InChI is InChI=1S/C27H18BrFN2O4S2/c28-15-6-11-19(35-13-14-4-2-1-3-5-14)18(12-15)20-21-23(36-24-22(20)37-27(34)30-24)26(33)31(25(21)32)17-9-7-16(29)8-10-17/h1-12,20-21,23H,13H2,(H,30,34)/t20-,21-,23+/m0/s1. The molecule has 2 aliphatic heterocycles. The second-order valence-electron chi connectivity index (χ2n) is 8.69. The molecule has 4 aromatic rings. The Morgan fingerprint density at radius 2 is 1.73 bits per heavy atom. The second kappa shape index (κ2) is 9.59. The topological polar surface area (TPSA) is 79.5 Å². The number of benzene rings is 3. The minimum absolute atomic E-state index is 0.250. The van der Waals surface area contributed by atoms with Crippen LogP contribution in [0.3, 0.4) is 0 Å². The minimum Gasteiger partial charge on any atom is -0.489 e. The first-order valence-electron chi connectivity index (χ1n) is 11.4. The number of aromatic nitrogens is 1. The summed E-state index contributed by atoms with van der Waals surface area (Å²) in [5, 5.41) is -0.168. The lowest BCUT2D eigenvalue weighted by molar-refractivity contribution is -0.122. The number of amides is 2. The number of ether oxygens (including phenoxy) is 1. The fraction of sp³-hybridized carbons (Fsp3) is 0.148. The van der Waals surface area contributed by atoms with Gasteiger partial charge >= 0.3 is 4.87 Å². The third-order valence-corrected chi connectivity index (χ3v) is 9.35. The van der Waals surface area contributed by atoms with Crippen LogP contribution in [0.25, 0.3) is 0 Å². The van der Waals surface area contributed by atoms with Crippen LogP contribution in [0, 0.1) is 11.7 Å². The highest BCUT2D eigenvalue weighted by Gasteiger charge is 2.56. The lowest BCUT2D eigenvalue weighted by Gasteiger charge is -2.31. The average molecular weight is 597 g/mol. The SMILES string of the molecule is O=C1[C@H]2[C@H](c3cc(Br)ccc3OCc3ccccc3)c3sc(=O)[nH]c3S[C@H]2C(=O)N1c1ccc(F)cc1. The van der Waals surface area contributed by atoms with Gasteiger partial charge < -0.3 is 9.72 Å². The van der Waals surface area contributed by atoms with E-state index < -0.39 is 28.8 Å². The third kappa shape index (κ3) is 4.32. The van der Waals surface area contributed by atoms with Gasteiger partial charge in [0.1, 0.15) is 23.4 Å². The van der Waals surface area contributed by atoms with Crippen molar-refractivity contribution in [3.8, 4) is 5.75 Å². The Hall–Kier alpha value is -3.21. The number of halogens is 2. The first-order chi connectivity index (χ1) is 17.9. The average Bonchev–Trinajstić information content (AvgIpc) is 3.39. The third-order valence-electron chi connectivity index (χ3n) is 6.45. The van der Waals surface area contributed by atoms with Crippen molar-refractivity contribution < 1.29 is 18.7 Å². The fourth-order valence-electron chi connectivity index (χ4n) is 4.83. The molecule has 0 saturated carbocycles. The van der Waals surface area contributed by atoms with E-state index in [1.807, 2.05) is 48.5 Å². The van der Waals surface area contributed by atoms with E-state index in [4.69, 9.17) is 4.74 Å². The van der Waals surface area contributed by atoms with E-state index in [2.05, 4.69) is 20.9 Å². The van der Waals surface area contributed by atoms with Gasteiger partial charge in [0.05, 0.1) is 16.6 Å². The molecule has 0 spiro atoms. The number of H-pyrrole nitrogens is 1. The highest BCUT2D eigenvalue weighted by molar-refractivity contribution is 9.10. The Morgan fingerprint density at radius 3 is 2.49 bits per heavy atom. The van der Waals surface area contributed by atoms with Gasteiger partial charge in [0.15, 0.2) is 0 Å². The maximum atomic E-state index is 13.9. The quantitative estimate of drug-likeness (QED) is 0.298. The first kappa shape index (κ1) is 24.1. The monoisotopic (exact) mass is 596 g/mol. The van der Waals surface area contributed by atoms with E-state index in [-0.39, 0.29) is 10.8 Å². The molecule has 186 valence electrons. The predicted molar refractivity (Wildman–Crippen MR) is 144 cm³/mol. The summed E-state index contributed by atoms with van der Waals surface area (Å²) in [5.74, 6) is -2.03. The van der Waals surface area contributed by atoms with Crippen LogP contribution in [0.2, 0.25) is 0 Å². The fourth-order valence-corrected chi connectivity index (χ4v) is 7.71. The van der Waals surface area contributed by atoms with Gasteiger partial charge in [0, 0.05) is 20.8 Å². The lowest BCUT2D eigenvalue weighted by Crippen LogP contribution is -2.32. The molecule has 0 unspecified atom stereocenters. The smallest absolute Gasteiger partial charge is 0.305 e. The molecule has 2 amide bonds. The molecule has 1 saturated heterocycles. The molecule has 3 atom stereocenters. The summed E-state index contributed by atoms with van der Waals surface area (Å²) in [6, 6.07) is 20.6. The lowest BCUT2D eigenvalue weighted by atomic mass is 9.82. The van der Waals surface area contributed by atoms with Gasteiger partial charge in [-0.25, -0.2) is 9.29 Å². The van der Waals surface area contributed by atoms with Gasteiger partial charge in [-0.05, 0) is 48.0 Å². The van der Waals surface area contributed by atoms with E-state index in [9.17, 15) is 18.8 Å². The molecule has 3 aromatic carbocycles. The van der Waals surface area contributed by atoms with Crippen molar-refractivity contribution in [3.05, 3.63) is 109 Å². The second-order valence-corrected chi connectivity index (χ2v) is 11.8. The molecule has 0 aliphatic carbocycles. The van der Waals surface area contributed by atoms with E-state index in [0.717, 1.165) is 26.3 Å². The number of thioether (sulfide) groups is 1. The molecule has 6 nitrogen and oxygen atoms in total. The Balaban J connectivity index is 1.45. The molecule has 3 heterocycles. The maximum Gasteiger partial charge on any atom is 0.305 e. The number of fused-ring (bicyclic) bond motifs is 2. The molecule has 2 aliphatic rings. The van der Waals surface area contributed by atoms with Crippen LogP contribution >= 0.6 is 39.0 Å². The number of carbonyl (C=O) groups is 2. The Bertz CT molecular complexity index is 1570. The zero-order valence-electron chi connectivity index (χ0n) is 19.0. The summed E-state index contributed by atoms with van der Waals surface area (Å²) < 4.78 is 20.6. The van der Waals surface area contributed by atoms with Crippen LogP contribution in [0.5, 0.6) is 5.75 Å². The molecule has 1 N–H and O–H groups in total. The number of anilines is 1. The van der Waals surface area contributed by atoms with Crippen molar-refractivity contribution in [1.29, 1.82) is 0 Å². The highest BCUT2D eigenvalue weighted by Crippen LogP contribution is 2.54. The van der Waals surface area contributed by atoms with Crippen LogP contribution in [0.1, 0.15) is 21.9 Å². The number of carbonyl (C=O) groups excluding carboxylic acids is 2. The molecule has 1 fully saturated rings. The number of imide groups is 1. The Labute approximate surface area is 227 Å². The maximum absolute atomic E-state index is 13.9. The number of hydrogen-bond acceptors (Lipinski definition) is 6. The van der Waals surface area contributed by atoms with Crippen molar-refractivity contribution in [2.24, 2.45) is 5.92 Å². The predicted octanol–water partition coefficient (Wildman–Crippen LogP) is 5.71. The normalized spacial score (nSPS) is 20.6. The molecule has 0 radical (unpaired) electrons. The van der Waals surface area contributed by atoms with Crippen LogP contribution < -0.4 is 14.5 Å². The zero-order valence-corrected chi connectivity index (χ0v) is 22.2. The summed E-state index contributed by atoms with van der Waals surface area (Å²) in [6.07, 6.45) is 0.